The van der Waals surface area contributed by atoms with Gasteiger partial charge in [-0.3, -0.25) is 4.79 Å². The summed E-state index contributed by atoms with van der Waals surface area (Å²) in [4.78, 5) is 20.5. The van der Waals surface area contributed by atoms with Crippen LogP contribution in [-0.4, -0.2) is 63.7 Å². The van der Waals surface area contributed by atoms with Crippen molar-refractivity contribution in [3.05, 3.63) is 40.1 Å². The van der Waals surface area contributed by atoms with Crippen LogP contribution in [0.3, 0.4) is 0 Å². The number of benzene rings is 1. The summed E-state index contributed by atoms with van der Waals surface area (Å²) in [7, 11) is -3.89. The van der Waals surface area contributed by atoms with E-state index in [1.165, 1.54) is 16.4 Å². The number of hydrogen-bond donors (Lipinski definition) is 2. The Hall–Kier alpha value is -2.76. The highest BCUT2D eigenvalue weighted by Crippen LogP contribution is 2.31. The molecule has 0 amide bonds. The fraction of sp³-hybridized carbons (Fsp3) is 0.560. The Morgan fingerprint density at radius 2 is 1.86 bits per heavy atom. The van der Waals surface area contributed by atoms with Crippen LogP contribution in [-0.2, 0) is 16.4 Å². The van der Waals surface area contributed by atoms with Crippen molar-refractivity contribution in [2.75, 3.05) is 26.3 Å². The molecule has 0 aliphatic carbocycles. The highest BCUT2D eigenvalue weighted by atomic mass is 32.2. The Labute approximate surface area is 212 Å². The van der Waals surface area contributed by atoms with Gasteiger partial charge >= 0.3 is 0 Å². The van der Waals surface area contributed by atoms with E-state index >= 15 is 0 Å². The largest absolute Gasteiger partial charge is 0.493 e. The minimum absolute atomic E-state index is 0.00134. The number of aromatic nitrogens is 4. The first-order valence-corrected chi connectivity index (χ1v) is 14.1. The maximum absolute atomic E-state index is 13.4. The van der Waals surface area contributed by atoms with Gasteiger partial charge in [-0.05, 0) is 44.9 Å². The summed E-state index contributed by atoms with van der Waals surface area (Å²) < 4.78 is 35.5. The van der Waals surface area contributed by atoms with Gasteiger partial charge in [-0.15, -0.1) is 5.10 Å². The molecule has 0 saturated carbocycles. The summed E-state index contributed by atoms with van der Waals surface area (Å²) in [5.74, 6) is 1.30. The molecule has 2 aromatic heterocycles. The first-order chi connectivity index (χ1) is 17.3. The zero-order valence-corrected chi connectivity index (χ0v) is 22.4. The highest BCUT2D eigenvalue weighted by Gasteiger charge is 2.26. The van der Waals surface area contributed by atoms with Gasteiger partial charge in [-0.25, -0.2) is 17.9 Å². The maximum Gasteiger partial charge on any atom is 0.277 e. The van der Waals surface area contributed by atoms with Crippen LogP contribution in [0.4, 0.5) is 0 Å². The van der Waals surface area contributed by atoms with Gasteiger partial charge in [-0.1, -0.05) is 33.1 Å². The molecule has 0 aliphatic heterocycles. The number of aliphatic hydroxyl groups excluding tert-OH is 1. The smallest absolute Gasteiger partial charge is 0.277 e. The maximum atomic E-state index is 13.4. The number of aliphatic hydroxyl groups is 1. The average molecular weight is 520 g/mol. The number of imidazole rings is 1. The lowest BCUT2D eigenvalue weighted by Crippen LogP contribution is -2.34. The lowest BCUT2D eigenvalue weighted by Gasteiger charge is -2.22. The summed E-state index contributed by atoms with van der Waals surface area (Å²) >= 11 is 0. The molecule has 1 aromatic carbocycles. The third-order valence-corrected chi connectivity index (χ3v) is 7.90. The molecule has 0 bridgehead atoms. The summed E-state index contributed by atoms with van der Waals surface area (Å²) in [6.45, 7) is 8.08. The number of sulfonamides is 1. The predicted molar refractivity (Wildman–Crippen MR) is 139 cm³/mol. The number of H-pyrrole nitrogens is 1. The molecule has 0 unspecified atom stereocenters. The van der Waals surface area contributed by atoms with Crippen LogP contribution in [0.5, 0.6) is 5.75 Å². The van der Waals surface area contributed by atoms with Crippen LogP contribution in [0, 0.1) is 6.92 Å². The van der Waals surface area contributed by atoms with E-state index in [0.29, 0.717) is 54.3 Å². The van der Waals surface area contributed by atoms with E-state index in [-0.39, 0.29) is 29.4 Å². The van der Waals surface area contributed by atoms with E-state index in [2.05, 4.69) is 22.0 Å². The van der Waals surface area contributed by atoms with Crippen LogP contribution in [0.25, 0.3) is 16.9 Å². The number of ether oxygens (including phenoxy) is 1. The summed E-state index contributed by atoms with van der Waals surface area (Å²) in [6.07, 6.45) is 5.21. The van der Waals surface area contributed by atoms with E-state index in [0.717, 1.165) is 25.7 Å². The number of unbranched alkanes of at least 4 members (excludes halogenated alkanes) is 3. The third-order valence-electron chi connectivity index (χ3n) is 6.00. The van der Waals surface area contributed by atoms with E-state index in [9.17, 15) is 18.3 Å². The lowest BCUT2D eigenvalue weighted by atomic mass is 10.2. The Bertz CT molecular complexity index is 1330. The molecule has 0 radical (unpaired) electrons. The minimum atomic E-state index is -3.89. The van der Waals surface area contributed by atoms with Crippen LogP contribution in [0.15, 0.2) is 27.9 Å². The molecular formula is C25H37N5O5S. The van der Waals surface area contributed by atoms with Gasteiger partial charge in [0.05, 0.1) is 29.4 Å². The lowest BCUT2D eigenvalue weighted by molar-refractivity contribution is 0.252. The second-order valence-corrected chi connectivity index (χ2v) is 10.6. The molecule has 2 N–H and O–H groups in total. The van der Waals surface area contributed by atoms with Gasteiger partial charge in [0.15, 0.2) is 11.3 Å². The molecule has 0 fully saturated rings. The van der Waals surface area contributed by atoms with Gasteiger partial charge in [0.2, 0.25) is 10.0 Å². The molecule has 0 aliphatic rings. The van der Waals surface area contributed by atoms with Crippen LogP contribution in [0.1, 0.15) is 64.4 Å². The third kappa shape index (κ3) is 5.96. The van der Waals surface area contributed by atoms with E-state index in [1.54, 1.807) is 17.5 Å². The molecule has 11 heteroatoms. The normalized spacial score (nSPS) is 12.1. The van der Waals surface area contributed by atoms with E-state index in [4.69, 9.17) is 4.74 Å². The number of aryl methyl sites for hydroxylation is 2. The van der Waals surface area contributed by atoms with Crippen molar-refractivity contribution in [1.82, 2.24) is 23.9 Å². The Balaban J connectivity index is 2.16. The fourth-order valence-electron chi connectivity index (χ4n) is 4.14. The standard InChI is InChI=1S/C25H37N5O5S/c1-5-8-10-11-22-26-18(4)23-25(32)27-24(28-30(22)23)20-17-19(12-13-21(20)35-7-3)36(33,34)29(15-16-31)14-9-6-2/h12-13,17,31H,5-11,14-16H2,1-4H3,(H,27,28,32). The molecule has 36 heavy (non-hydrogen) atoms. The molecule has 0 saturated heterocycles. The van der Waals surface area contributed by atoms with Gasteiger partial charge in [0.1, 0.15) is 11.6 Å². The van der Waals surface area contributed by atoms with E-state index in [1.807, 2.05) is 13.8 Å². The average Bonchev–Trinajstić information content (AvgIpc) is 3.17. The molecular weight excluding hydrogens is 482 g/mol. The molecule has 2 heterocycles. The summed E-state index contributed by atoms with van der Waals surface area (Å²) in [5, 5.41) is 14.1. The minimum Gasteiger partial charge on any atom is -0.493 e. The predicted octanol–water partition coefficient (Wildman–Crippen LogP) is 3.31. The van der Waals surface area contributed by atoms with Gasteiger partial charge in [0, 0.05) is 19.5 Å². The van der Waals surface area contributed by atoms with Crippen molar-refractivity contribution in [3.63, 3.8) is 0 Å². The zero-order valence-electron chi connectivity index (χ0n) is 21.6. The number of aromatic amines is 1. The van der Waals surface area contributed by atoms with Crippen LogP contribution in [0.2, 0.25) is 0 Å². The monoisotopic (exact) mass is 519 g/mol. The van der Waals surface area contributed by atoms with E-state index < -0.39 is 10.0 Å². The van der Waals surface area contributed by atoms with Crippen LogP contribution < -0.4 is 10.3 Å². The summed E-state index contributed by atoms with van der Waals surface area (Å²) in [5.41, 5.74) is 0.980. The van der Waals surface area contributed by atoms with Crippen molar-refractivity contribution in [2.24, 2.45) is 0 Å². The Morgan fingerprint density at radius 3 is 2.53 bits per heavy atom. The topological polar surface area (TPSA) is 130 Å². The number of hydrogen-bond acceptors (Lipinski definition) is 7. The van der Waals surface area contributed by atoms with Crippen molar-refractivity contribution < 1.29 is 18.3 Å². The second-order valence-electron chi connectivity index (χ2n) is 8.71. The molecule has 10 nitrogen and oxygen atoms in total. The fourth-order valence-corrected chi connectivity index (χ4v) is 5.63. The number of rotatable bonds is 14. The number of nitrogens with one attached hydrogen (secondary N) is 1. The zero-order chi connectivity index (χ0) is 26.3. The number of nitrogens with zero attached hydrogens (tertiary/aromatic N) is 4. The first kappa shape index (κ1) is 27.8. The first-order valence-electron chi connectivity index (χ1n) is 12.6. The van der Waals surface area contributed by atoms with Crippen molar-refractivity contribution in [3.8, 4) is 17.1 Å². The SMILES string of the molecule is CCCCCc1nc(C)c2c(=O)[nH]c(-c3cc(S(=O)(=O)N(CCO)CCCC)ccc3OCC)nn12. The second kappa shape index (κ2) is 12.5. The van der Waals surface area contributed by atoms with Gasteiger partial charge < -0.3 is 14.8 Å². The van der Waals surface area contributed by atoms with Gasteiger partial charge in [-0.2, -0.15) is 4.31 Å². The van der Waals surface area contributed by atoms with Gasteiger partial charge in [0.25, 0.3) is 5.56 Å². The van der Waals surface area contributed by atoms with Crippen molar-refractivity contribution >= 4 is 15.5 Å². The Morgan fingerprint density at radius 1 is 1.11 bits per heavy atom. The summed E-state index contributed by atoms with van der Waals surface area (Å²) in [6, 6.07) is 4.53. The number of fused-ring (bicyclic) bond motifs is 1. The highest BCUT2D eigenvalue weighted by molar-refractivity contribution is 7.89. The molecule has 0 spiro atoms. The van der Waals surface area contributed by atoms with Crippen LogP contribution >= 0.6 is 0 Å². The molecule has 198 valence electrons. The Kier molecular flexibility index (Phi) is 9.63. The van der Waals surface area contributed by atoms with Crippen molar-refractivity contribution in [1.29, 1.82) is 0 Å². The van der Waals surface area contributed by atoms with Crippen molar-refractivity contribution in [2.45, 2.75) is 71.1 Å². The quantitative estimate of drug-likeness (QED) is 0.313. The molecule has 3 aromatic rings. The molecule has 3 rings (SSSR count). The molecule has 0 atom stereocenters.